The summed E-state index contributed by atoms with van der Waals surface area (Å²) in [7, 11) is 1.54. The Balaban J connectivity index is 2.20. The number of halogens is 1. The first-order chi connectivity index (χ1) is 9.52. The van der Waals surface area contributed by atoms with E-state index in [1.54, 1.807) is 13.2 Å². The summed E-state index contributed by atoms with van der Waals surface area (Å²) >= 11 is 6.03. The molecular formula is C14H14ClNO4. The fourth-order valence-electron chi connectivity index (χ4n) is 1.81. The first kappa shape index (κ1) is 14.3. The van der Waals surface area contributed by atoms with Gasteiger partial charge in [0.25, 0.3) is 0 Å². The standard InChI is InChI=1S/C14H14ClNO4/c1-8-5-11(12(19-2)6-10(8)15)16-7-13-9(14(17)18)3-4-20-13/h3-6,16H,7H2,1-2H3,(H,17,18). The van der Waals surface area contributed by atoms with Crippen LogP contribution in [0.3, 0.4) is 0 Å². The molecule has 0 aliphatic heterocycles. The molecule has 0 amide bonds. The Morgan fingerprint density at radius 2 is 2.25 bits per heavy atom. The number of nitrogens with one attached hydrogen (secondary N) is 1. The minimum atomic E-state index is -1.02. The van der Waals surface area contributed by atoms with Crippen molar-refractivity contribution in [2.24, 2.45) is 0 Å². The molecule has 2 N–H and O–H groups in total. The predicted molar refractivity (Wildman–Crippen MR) is 75.7 cm³/mol. The van der Waals surface area contributed by atoms with E-state index < -0.39 is 5.97 Å². The third kappa shape index (κ3) is 2.88. The highest BCUT2D eigenvalue weighted by Crippen LogP contribution is 2.31. The zero-order valence-corrected chi connectivity index (χ0v) is 11.8. The number of benzene rings is 1. The molecule has 0 aliphatic carbocycles. The minimum absolute atomic E-state index is 0.141. The van der Waals surface area contributed by atoms with Crippen LogP contribution in [-0.2, 0) is 6.54 Å². The van der Waals surface area contributed by atoms with E-state index in [2.05, 4.69) is 5.32 Å². The van der Waals surface area contributed by atoms with Crippen molar-refractivity contribution in [2.45, 2.75) is 13.5 Å². The van der Waals surface area contributed by atoms with Crippen LogP contribution in [0.1, 0.15) is 21.7 Å². The minimum Gasteiger partial charge on any atom is -0.495 e. The van der Waals surface area contributed by atoms with Gasteiger partial charge in [-0.05, 0) is 24.6 Å². The zero-order valence-electron chi connectivity index (χ0n) is 11.1. The molecule has 20 heavy (non-hydrogen) atoms. The van der Waals surface area contributed by atoms with Gasteiger partial charge in [0, 0.05) is 11.1 Å². The topological polar surface area (TPSA) is 71.7 Å². The van der Waals surface area contributed by atoms with E-state index >= 15 is 0 Å². The van der Waals surface area contributed by atoms with Crippen molar-refractivity contribution < 1.29 is 19.1 Å². The molecule has 106 valence electrons. The largest absolute Gasteiger partial charge is 0.495 e. The molecule has 0 saturated heterocycles. The Labute approximate surface area is 121 Å². The SMILES string of the molecule is COc1cc(Cl)c(C)cc1NCc1occc1C(=O)O. The molecule has 0 radical (unpaired) electrons. The quantitative estimate of drug-likeness (QED) is 0.882. The van der Waals surface area contributed by atoms with Crippen molar-refractivity contribution in [1.82, 2.24) is 0 Å². The van der Waals surface area contributed by atoms with Gasteiger partial charge in [0.15, 0.2) is 0 Å². The molecule has 0 saturated carbocycles. The monoisotopic (exact) mass is 295 g/mol. The van der Waals surface area contributed by atoms with Crippen LogP contribution in [0.5, 0.6) is 5.75 Å². The van der Waals surface area contributed by atoms with Gasteiger partial charge >= 0.3 is 5.97 Å². The molecule has 1 aromatic carbocycles. The second-order valence-electron chi connectivity index (χ2n) is 4.22. The average molecular weight is 296 g/mol. The first-order valence-electron chi connectivity index (χ1n) is 5.90. The summed E-state index contributed by atoms with van der Waals surface area (Å²) in [4.78, 5) is 11.0. The molecular weight excluding hydrogens is 282 g/mol. The van der Waals surface area contributed by atoms with Crippen LogP contribution in [0.25, 0.3) is 0 Å². The van der Waals surface area contributed by atoms with Gasteiger partial charge in [0.1, 0.15) is 17.1 Å². The summed E-state index contributed by atoms with van der Waals surface area (Å²) < 4.78 is 10.4. The van der Waals surface area contributed by atoms with Gasteiger partial charge < -0.3 is 19.6 Å². The molecule has 2 rings (SSSR count). The van der Waals surface area contributed by atoms with Crippen molar-refractivity contribution >= 4 is 23.3 Å². The lowest BCUT2D eigenvalue weighted by atomic mass is 10.2. The Morgan fingerprint density at radius 3 is 2.90 bits per heavy atom. The van der Waals surface area contributed by atoms with E-state index in [0.717, 1.165) is 11.3 Å². The fourth-order valence-corrected chi connectivity index (χ4v) is 1.97. The van der Waals surface area contributed by atoms with Crippen molar-refractivity contribution in [3.8, 4) is 5.75 Å². The Kier molecular flexibility index (Phi) is 4.20. The predicted octanol–water partition coefficient (Wildman–Crippen LogP) is 3.56. The number of anilines is 1. The van der Waals surface area contributed by atoms with E-state index in [-0.39, 0.29) is 12.1 Å². The number of carboxylic acids is 1. The number of furan rings is 1. The van der Waals surface area contributed by atoms with E-state index in [0.29, 0.717) is 16.5 Å². The zero-order chi connectivity index (χ0) is 14.7. The molecule has 6 heteroatoms. The van der Waals surface area contributed by atoms with Crippen molar-refractivity contribution in [1.29, 1.82) is 0 Å². The van der Waals surface area contributed by atoms with Gasteiger partial charge in [-0.15, -0.1) is 0 Å². The van der Waals surface area contributed by atoms with Crippen LogP contribution >= 0.6 is 11.6 Å². The van der Waals surface area contributed by atoms with Crippen LogP contribution in [0.15, 0.2) is 28.9 Å². The smallest absolute Gasteiger partial charge is 0.339 e. The summed E-state index contributed by atoms with van der Waals surface area (Å²) in [5.41, 5.74) is 1.76. The summed E-state index contributed by atoms with van der Waals surface area (Å²) in [6.07, 6.45) is 1.35. The molecule has 1 heterocycles. The van der Waals surface area contributed by atoms with Crippen LogP contribution in [0, 0.1) is 6.92 Å². The highest BCUT2D eigenvalue weighted by molar-refractivity contribution is 6.31. The highest BCUT2D eigenvalue weighted by atomic mass is 35.5. The lowest BCUT2D eigenvalue weighted by Gasteiger charge is -2.12. The lowest BCUT2D eigenvalue weighted by Crippen LogP contribution is -2.05. The Morgan fingerprint density at radius 1 is 1.50 bits per heavy atom. The molecule has 2 aromatic rings. The van der Waals surface area contributed by atoms with Gasteiger partial charge in [-0.25, -0.2) is 4.79 Å². The molecule has 0 unspecified atom stereocenters. The summed E-state index contributed by atoms with van der Waals surface area (Å²) in [6.45, 7) is 2.12. The molecule has 0 spiro atoms. The number of carboxylic acid groups (broad SMARTS) is 1. The van der Waals surface area contributed by atoms with Gasteiger partial charge in [-0.3, -0.25) is 0 Å². The Bertz CT molecular complexity index is 636. The number of methoxy groups -OCH3 is 1. The second kappa shape index (κ2) is 5.88. The Hall–Kier alpha value is -2.14. The number of aromatic carboxylic acids is 1. The summed E-state index contributed by atoms with van der Waals surface area (Å²) in [5.74, 6) is -0.0778. The van der Waals surface area contributed by atoms with Gasteiger partial charge in [0.05, 0.1) is 25.6 Å². The van der Waals surface area contributed by atoms with Gasteiger partial charge in [-0.1, -0.05) is 11.6 Å². The molecule has 5 nitrogen and oxygen atoms in total. The molecule has 1 aromatic heterocycles. The van der Waals surface area contributed by atoms with Gasteiger partial charge in [0.2, 0.25) is 0 Å². The number of hydrogen-bond donors (Lipinski definition) is 2. The van der Waals surface area contributed by atoms with Crippen LogP contribution < -0.4 is 10.1 Å². The normalized spacial score (nSPS) is 10.3. The van der Waals surface area contributed by atoms with E-state index in [4.69, 9.17) is 25.9 Å². The number of aryl methyl sites for hydroxylation is 1. The summed E-state index contributed by atoms with van der Waals surface area (Å²) in [6, 6.07) is 4.97. The third-order valence-electron chi connectivity index (χ3n) is 2.90. The first-order valence-corrected chi connectivity index (χ1v) is 6.28. The van der Waals surface area contributed by atoms with E-state index in [1.807, 2.05) is 13.0 Å². The number of hydrogen-bond acceptors (Lipinski definition) is 4. The van der Waals surface area contributed by atoms with Crippen LogP contribution in [0.4, 0.5) is 5.69 Å². The third-order valence-corrected chi connectivity index (χ3v) is 3.30. The van der Waals surface area contributed by atoms with E-state index in [1.165, 1.54) is 12.3 Å². The number of rotatable bonds is 5. The maximum absolute atomic E-state index is 11.0. The summed E-state index contributed by atoms with van der Waals surface area (Å²) in [5, 5.41) is 12.7. The van der Waals surface area contributed by atoms with Crippen molar-refractivity contribution in [3.05, 3.63) is 46.4 Å². The lowest BCUT2D eigenvalue weighted by molar-refractivity contribution is 0.0694. The van der Waals surface area contributed by atoms with Crippen molar-refractivity contribution in [2.75, 3.05) is 12.4 Å². The number of carbonyl (C=O) groups is 1. The molecule has 0 aliphatic rings. The fraction of sp³-hybridized carbons (Fsp3) is 0.214. The van der Waals surface area contributed by atoms with Crippen molar-refractivity contribution in [3.63, 3.8) is 0 Å². The molecule has 0 fully saturated rings. The average Bonchev–Trinajstić information content (AvgIpc) is 2.88. The maximum Gasteiger partial charge on any atom is 0.339 e. The van der Waals surface area contributed by atoms with E-state index in [9.17, 15) is 4.79 Å². The van der Waals surface area contributed by atoms with Crippen LogP contribution in [-0.4, -0.2) is 18.2 Å². The number of ether oxygens (including phenoxy) is 1. The maximum atomic E-state index is 11.0. The second-order valence-corrected chi connectivity index (χ2v) is 4.63. The molecule has 0 bridgehead atoms. The van der Waals surface area contributed by atoms with Crippen LogP contribution in [0.2, 0.25) is 5.02 Å². The van der Waals surface area contributed by atoms with Gasteiger partial charge in [-0.2, -0.15) is 0 Å². The molecule has 0 atom stereocenters. The highest BCUT2D eigenvalue weighted by Gasteiger charge is 2.14.